The van der Waals surface area contributed by atoms with E-state index in [1.807, 2.05) is 55.6 Å². The van der Waals surface area contributed by atoms with Gasteiger partial charge in [-0.3, -0.25) is 18.8 Å². The molecule has 5 aromatic rings. The van der Waals surface area contributed by atoms with Crippen LogP contribution in [0.3, 0.4) is 0 Å². The van der Waals surface area contributed by atoms with Gasteiger partial charge in [0.15, 0.2) is 23.3 Å². The molecular weight excluding hydrogens is 438 g/mol. The summed E-state index contributed by atoms with van der Waals surface area (Å²) in [7, 11) is 3.79. The summed E-state index contributed by atoms with van der Waals surface area (Å²) in [5.41, 5.74) is 2.42. The zero-order valence-electron chi connectivity index (χ0n) is 18.6. The van der Waals surface area contributed by atoms with Crippen LogP contribution in [0.4, 0.5) is 11.6 Å². The summed E-state index contributed by atoms with van der Waals surface area (Å²) in [6.07, 6.45) is 8.27. The lowest BCUT2D eigenvalue weighted by molar-refractivity contribution is 0.579. The molecule has 0 radical (unpaired) electrons. The van der Waals surface area contributed by atoms with E-state index in [1.165, 1.54) is 11.3 Å². The molecule has 0 bridgehead atoms. The van der Waals surface area contributed by atoms with Gasteiger partial charge in [0, 0.05) is 44.1 Å². The Balaban J connectivity index is 1.59. The highest BCUT2D eigenvalue weighted by Gasteiger charge is 2.37. The van der Waals surface area contributed by atoms with Crippen LogP contribution in [0.25, 0.3) is 27.8 Å². The first kappa shape index (κ1) is 19.7. The van der Waals surface area contributed by atoms with Crippen LogP contribution in [-0.2, 0) is 14.1 Å². The Kier molecular flexibility index (Phi) is 4.37. The second-order valence-electron chi connectivity index (χ2n) is 7.89. The number of thiazole rings is 1. The summed E-state index contributed by atoms with van der Waals surface area (Å²) in [5, 5.41) is 20.9. The number of hydrogen-bond acceptors (Lipinski definition) is 9. The minimum atomic E-state index is -0.0660. The van der Waals surface area contributed by atoms with Crippen LogP contribution < -0.4 is 4.90 Å². The molecule has 6 rings (SSSR count). The maximum Gasteiger partial charge on any atom is 0.165 e. The van der Waals surface area contributed by atoms with Gasteiger partial charge in [-0.2, -0.15) is 10.2 Å². The van der Waals surface area contributed by atoms with E-state index in [0.717, 1.165) is 51.7 Å². The third kappa shape index (κ3) is 2.98. The van der Waals surface area contributed by atoms with E-state index < -0.39 is 0 Å². The van der Waals surface area contributed by atoms with Gasteiger partial charge in [-0.1, -0.05) is 6.92 Å². The molecule has 1 aliphatic rings. The SMILES string of the molecule is CCC1c2nnc(C)n2-c2cnc(-c3cn(C)nc3-c3nccs3)nc2N1c1ccn(C)n1. The lowest BCUT2D eigenvalue weighted by atomic mass is 10.1. The molecule has 1 aliphatic heterocycles. The van der Waals surface area contributed by atoms with Crippen molar-refractivity contribution in [3.63, 3.8) is 0 Å². The summed E-state index contributed by atoms with van der Waals surface area (Å²) in [6.45, 7) is 4.07. The monoisotopic (exact) mass is 459 g/mol. The Morgan fingerprint density at radius 2 is 1.97 bits per heavy atom. The van der Waals surface area contributed by atoms with Gasteiger partial charge < -0.3 is 0 Å². The van der Waals surface area contributed by atoms with E-state index >= 15 is 0 Å². The fraction of sp³-hybridized carbons (Fsp3) is 0.286. The summed E-state index contributed by atoms with van der Waals surface area (Å²) in [5.74, 6) is 3.79. The molecule has 166 valence electrons. The molecule has 1 atom stereocenters. The molecule has 0 fully saturated rings. The Labute approximate surface area is 193 Å². The maximum absolute atomic E-state index is 5.06. The fourth-order valence-corrected chi connectivity index (χ4v) is 4.94. The molecule has 0 amide bonds. The van der Waals surface area contributed by atoms with E-state index in [4.69, 9.17) is 9.97 Å². The highest BCUT2D eigenvalue weighted by atomic mass is 32.1. The van der Waals surface area contributed by atoms with Crippen LogP contribution in [0.1, 0.15) is 31.0 Å². The number of fused-ring (bicyclic) bond motifs is 3. The Hall–Kier alpha value is -3.93. The van der Waals surface area contributed by atoms with Crippen LogP contribution in [0.2, 0.25) is 0 Å². The molecule has 12 heteroatoms. The molecule has 5 aromatic heterocycles. The topological polar surface area (TPSA) is 108 Å². The number of nitrogens with zero attached hydrogens (tertiary/aromatic N) is 11. The lowest BCUT2D eigenvalue weighted by Gasteiger charge is -2.35. The molecular formula is C21H21N11S. The number of hydrogen-bond donors (Lipinski definition) is 0. The normalized spacial score (nSPS) is 15.0. The molecule has 1 unspecified atom stereocenters. The van der Waals surface area contributed by atoms with Crippen molar-refractivity contribution < 1.29 is 0 Å². The Morgan fingerprint density at radius 3 is 2.70 bits per heavy atom. The second-order valence-corrected chi connectivity index (χ2v) is 8.78. The van der Waals surface area contributed by atoms with E-state index in [2.05, 4.69) is 37.2 Å². The van der Waals surface area contributed by atoms with Crippen LogP contribution in [0.5, 0.6) is 0 Å². The first-order valence-electron chi connectivity index (χ1n) is 10.6. The third-order valence-electron chi connectivity index (χ3n) is 5.72. The standard InChI is InChI=1S/C21H21N11S/c1-5-14-20-26-25-12(2)31(20)15-10-23-18(24-19(15)32(14)16-6-8-29(3)27-16)13-11-30(4)28-17(13)21-22-7-9-33-21/h6-11,14H,5H2,1-4H3. The van der Waals surface area contributed by atoms with Gasteiger partial charge in [0.1, 0.15) is 22.2 Å². The lowest BCUT2D eigenvalue weighted by Crippen LogP contribution is -2.33. The van der Waals surface area contributed by atoms with Crippen molar-refractivity contribution in [3.05, 3.63) is 47.9 Å². The van der Waals surface area contributed by atoms with Crippen molar-refractivity contribution in [2.24, 2.45) is 14.1 Å². The van der Waals surface area contributed by atoms with Crippen molar-refractivity contribution in [1.82, 2.24) is 49.3 Å². The van der Waals surface area contributed by atoms with E-state index in [-0.39, 0.29) is 6.04 Å². The number of aryl methyl sites for hydroxylation is 3. The van der Waals surface area contributed by atoms with Crippen molar-refractivity contribution >= 4 is 23.0 Å². The molecule has 0 aromatic carbocycles. The first-order chi connectivity index (χ1) is 16.0. The zero-order valence-corrected chi connectivity index (χ0v) is 19.4. The smallest absolute Gasteiger partial charge is 0.165 e. The molecule has 0 spiro atoms. The molecule has 33 heavy (non-hydrogen) atoms. The van der Waals surface area contributed by atoms with Crippen molar-refractivity contribution in [1.29, 1.82) is 0 Å². The summed E-state index contributed by atoms with van der Waals surface area (Å²) >= 11 is 1.54. The highest BCUT2D eigenvalue weighted by Crippen LogP contribution is 2.43. The minimum Gasteiger partial charge on any atom is -0.297 e. The average molecular weight is 460 g/mol. The van der Waals surface area contributed by atoms with Gasteiger partial charge in [-0.25, -0.2) is 15.0 Å². The van der Waals surface area contributed by atoms with Crippen LogP contribution in [0, 0.1) is 6.92 Å². The molecule has 0 saturated carbocycles. The molecule has 11 nitrogen and oxygen atoms in total. The zero-order chi connectivity index (χ0) is 22.7. The van der Waals surface area contributed by atoms with Crippen molar-refractivity contribution in [2.75, 3.05) is 4.90 Å². The second kappa shape index (κ2) is 7.30. The fourth-order valence-electron chi connectivity index (χ4n) is 4.30. The van der Waals surface area contributed by atoms with E-state index in [9.17, 15) is 0 Å². The van der Waals surface area contributed by atoms with Crippen LogP contribution in [0.15, 0.2) is 36.2 Å². The van der Waals surface area contributed by atoms with E-state index in [0.29, 0.717) is 5.82 Å². The molecule has 6 heterocycles. The van der Waals surface area contributed by atoms with E-state index in [1.54, 1.807) is 15.6 Å². The molecule has 0 aliphatic carbocycles. The Morgan fingerprint density at radius 1 is 1.09 bits per heavy atom. The Bertz CT molecular complexity index is 1460. The quantitative estimate of drug-likeness (QED) is 0.403. The number of rotatable bonds is 4. The number of anilines is 2. The van der Waals surface area contributed by atoms with Crippen LogP contribution >= 0.6 is 11.3 Å². The van der Waals surface area contributed by atoms with Gasteiger partial charge in [0.25, 0.3) is 0 Å². The van der Waals surface area contributed by atoms with Crippen molar-refractivity contribution in [3.8, 4) is 27.8 Å². The van der Waals surface area contributed by atoms with Gasteiger partial charge in [0.05, 0.1) is 17.8 Å². The largest absolute Gasteiger partial charge is 0.297 e. The van der Waals surface area contributed by atoms with Gasteiger partial charge in [-0.05, 0) is 13.3 Å². The molecule has 0 saturated heterocycles. The predicted octanol–water partition coefficient (Wildman–Crippen LogP) is 3.23. The van der Waals surface area contributed by atoms with Gasteiger partial charge in [0.2, 0.25) is 0 Å². The highest BCUT2D eigenvalue weighted by molar-refractivity contribution is 7.13. The summed E-state index contributed by atoms with van der Waals surface area (Å²) in [4.78, 5) is 16.4. The van der Waals surface area contributed by atoms with Crippen LogP contribution in [-0.4, -0.2) is 49.3 Å². The van der Waals surface area contributed by atoms with Crippen molar-refractivity contribution in [2.45, 2.75) is 26.3 Å². The average Bonchev–Trinajstić information content (AvgIpc) is 3.60. The maximum atomic E-state index is 5.06. The minimum absolute atomic E-state index is 0.0660. The van der Waals surface area contributed by atoms with Gasteiger partial charge in [-0.15, -0.1) is 21.5 Å². The number of aromatic nitrogens is 10. The summed E-state index contributed by atoms with van der Waals surface area (Å²) < 4.78 is 5.59. The predicted molar refractivity (Wildman–Crippen MR) is 123 cm³/mol. The van der Waals surface area contributed by atoms with Gasteiger partial charge >= 0.3 is 0 Å². The third-order valence-corrected chi connectivity index (χ3v) is 6.50. The summed E-state index contributed by atoms with van der Waals surface area (Å²) in [6, 6.07) is 1.92. The first-order valence-corrected chi connectivity index (χ1v) is 11.4. The molecule has 0 N–H and O–H groups in total.